The molecule has 0 aromatic carbocycles. The van der Waals surface area contributed by atoms with Crippen molar-refractivity contribution in [3.8, 4) is 0 Å². The summed E-state index contributed by atoms with van der Waals surface area (Å²) >= 11 is 1.41. The van der Waals surface area contributed by atoms with E-state index in [1.807, 2.05) is 17.1 Å². The SMILES string of the molecule is CC(C)CNCc1cnc(Sc2nnnn2C2CC2)nc1. The van der Waals surface area contributed by atoms with Crippen LogP contribution in [0.5, 0.6) is 0 Å². The first-order valence-corrected chi connectivity index (χ1v) is 8.01. The molecule has 1 aliphatic carbocycles. The first-order valence-electron chi connectivity index (χ1n) is 7.19. The molecule has 1 fully saturated rings. The summed E-state index contributed by atoms with van der Waals surface area (Å²) in [6, 6.07) is 0.460. The van der Waals surface area contributed by atoms with Crippen molar-refractivity contribution in [2.45, 2.75) is 49.6 Å². The van der Waals surface area contributed by atoms with E-state index < -0.39 is 0 Å². The summed E-state index contributed by atoms with van der Waals surface area (Å²) in [6.07, 6.45) is 6.02. The molecule has 2 heterocycles. The van der Waals surface area contributed by atoms with Gasteiger partial charge >= 0.3 is 0 Å². The minimum Gasteiger partial charge on any atom is -0.312 e. The van der Waals surface area contributed by atoms with Gasteiger partial charge in [0.1, 0.15) is 0 Å². The third-order valence-corrected chi connectivity index (χ3v) is 3.95. The Morgan fingerprint density at radius 2 is 2.10 bits per heavy atom. The summed E-state index contributed by atoms with van der Waals surface area (Å²) in [7, 11) is 0. The van der Waals surface area contributed by atoms with Gasteiger partial charge in [0.05, 0.1) is 6.04 Å². The van der Waals surface area contributed by atoms with Crippen LogP contribution in [-0.4, -0.2) is 36.7 Å². The van der Waals surface area contributed by atoms with Crippen LogP contribution in [0.2, 0.25) is 0 Å². The van der Waals surface area contributed by atoms with Gasteiger partial charge in [-0.15, -0.1) is 5.10 Å². The lowest BCUT2D eigenvalue weighted by molar-refractivity contribution is 0.550. The molecule has 2 aromatic heterocycles. The molecule has 0 atom stereocenters. The van der Waals surface area contributed by atoms with Crippen LogP contribution >= 0.6 is 11.8 Å². The molecule has 2 aromatic rings. The van der Waals surface area contributed by atoms with E-state index in [1.54, 1.807) is 0 Å². The molecule has 1 aliphatic rings. The number of hydrogen-bond donors (Lipinski definition) is 1. The summed E-state index contributed by atoms with van der Waals surface area (Å²) in [4.78, 5) is 8.75. The minimum absolute atomic E-state index is 0.460. The predicted octanol–water partition coefficient (Wildman–Crippen LogP) is 1.69. The third-order valence-electron chi connectivity index (χ3n) is 3.10. The quantitative estimate of drug-likeness (QED) is 0.780. The van der Waals surface area contributed by atoms with E-state index in [1.165, 1.54) is 11.8 Å². The average Bonchev–Trinajstić information content (AvgIpc) is 3.21. The third kappa shape index (κ3) is 3.98. The molecule has 0 unspecified atom stereocenters. The second-order valence-electron chi connectivity index (χ2n) is 5.64. The van der Waals surface area contributed by atoms with Gasteiger partial charge in [0.15, 0.2) is 5.16 Å². The normalized spacial score (nSPS) is 14.8. The summed E-state index contributed by atoms with van der Waals surface area (Å²) < 4.78 is 1.87. The van der Waals surface area contributed by atoms with Crippen LogP contribution in [0.15, 0.2) is 22.7 Å². The van der Waals surface area contributed by atoms with Gasteiger partial charge < -0.3 is 5.32 Å². The topological polar surface area (TPSA) is 81.4 Å². The van der Waals surface area contributed by atoms with Crippen LogP contribution in [0.1, 0.15) is 38.3 Å². The van der Waals surface area contributed by atoms with Crippen LogP contribution in [0.4, 0.5) is 0 Å². The molecule has 1 saturated carbocycles. The van der Waals surface area contributed by atoms with Crippen molar-refractivity contribution in [1.82, 2.24) is 35.5 Å². The number of nitrogens with one attached hydrogen (secondary N) is 1. The summed E-state index contributed by atoms with van der Waals surface area (Å²) in [6.45, 7) is 6.16. The number of tetrazole rings is 1. The molecule has 0 bridgehead atoms. The van der Waals surface area contributed by atoms with Crippen LogP contribution in [0, 0.1) is 5.92 Å². The van der Waals surface area contributed by atoms with Gasteiger partial charge in [0.2, 0.25) is 5.16 Å². The van der Waals surface area contributed by atoms with E-state index in [0.29, 0.717) is 17.1 Å². The van der Waals surface area contributed by atoms with Gasteiger partial charge in [-0.25, -0.2) is 14.6 Å². The fourth-order valence-electron chi connectivity index (χ4n) is 1.87. The Hall–Kier alpha value is -1.54. The fraction of sp³-hybridized carbons (Fsp3) is 0.615. The first kappa shape index (κ1) is 14.4. The summed E-state index contributed by atoms with van der Waals surface area (Å²) in [5.41, 5.74) is 1.08. The molecule has 3 rings (SSSR count). The van der Waals surface area contributed by atoms with Crippen molar-refractivity contribution in [3.05, 3.63) is 18.0 Å². The van der Waals surface area contributed by atoms with Gasteiger partial charge in [0.25, 0.3) is 0 Å². The molecule has 112 valence electrons. The lowest BCUT2D eigenvalue weighted by Gasteiger charge is -2.07. The highest BCUT2D eigenvalue weighted by molar-refractivity contribution is 7.99. The number of nitrogens with zero attached hydrogens (tertiary/aromatic N) is 6. The molecule has 7 nitrogen and oxygen atoms in total. The highest BCUT2D eigenvalue weighted by Gasteiger charge is 2.28. The standard InChI is InChI=1S/C13H19N7S/c1-9(2)5-14-6-10-7-15-12(16-8-10)21-13-17-18-19-20(13)11-3-4-11/h7-9,11,14H,3-6H2,1-2H3. The Labute approximate surface area is 127 Å². The molecule has 8 heteroatoms. The Balaban J connectivity index is 1.57. The Kier molecular flexibility index (Phi) is 4.45. The second-order valence-corrected chi connectivity index (χ2v) is 6.57. The Bertz CT molecular complexity index is 576. The number of hydrogen-bond acceptors (Lipinski definition) is 7. The van der Waals surface area contributed by atoms with Crippen molar-refractivity contribution in [2.24, 2.45) is 5.92 Å². The minimum atomic E-state index is 0.460. The van der Waals surface area contributed by atoms with Crippen LogP contribution in [-0.2, 0) is 6.54 Å². The molecule has 21 heavy (non-hydrogen) atoms. The number of aromatic nitrogens is 6. The maximum Gasteiger partial charge on any atom is 0.217 e. The summed E-state index contributed by atoms with van der Waals surface area (Å²) in [5, 5.41) is 16.6. The Morgan fingerprint density at radius 3 is 2.76 bits per heavy atom. The Morgan fingerprint density at radius 1 is 1.33 bits per heavy atom. The van der Waals surface area contributed by atoms with E-state index in [4.69, 9.17) is 0 Å². The van der Waals surface area contributed by atoms with Gasteiger partial charge in [-0.05, 0) is 47.5 Å². The van der Waals surface area contributed by atoms with Crippen LogP contribution < -0.4 is 5.32 Å². The maximum atomic E-state index is 4.38. The van der Waals surface area contributed by atoms with Gasteiger partial charge in [-0.2, -0.15) is 0 Å². The zero-order valence-corrected chi connectivity index (χ0v) is 13.0. The van der Waals surface area contributed by atoms with Crippen molar-refractivity contribution in [1.29, 1.82) is 0 Å². The van der Waals surface area contributed by atoms with Crippen molar-refractivity contribution < 1.29 is 0 Å². The van der Waals surface area contributed by atoms with Crippen LogP contribution in [0.3, 0.4) is 0 Å². The fourth-order valence-corrected chi connectivity index (χ4v) is 2.61. The van der Waals surface area contributed by atoms with E-state index in [-0.39, 0.29) is 0 Å². The monoisotopic (exact) mass is 305 g/mol. The molecule has 1 N–H and O–H groups in total. The zero-order valence-electron chi connectivity index (χ0n) is 12.2. The van der Waals surface area contributed by atoms with E-state index >= 15 is 0 Å². The molecule has 0 aliphatic heterocycles. The largest absolute Gasteiger partial charge is 0.312 e. The highest BCUT2D eigenvalue weighted by Crippen LogP contribution is 2.37. The van der Waals surface area contributed by atoms with Crippen molar-refractivity contribution in [2.75, 3.05) is 6.54 Å². The van der Waals surface area contributed by atoms with Crippen LogP contribution in [0.25, 0.3) is 0 Å². The maximum absolute atomic E-state index is 4.38. The van der Waals surface area contributed by atoms with Gasteiger partial charge in [-0.1, -0.05) is 13.8 Å². The molecule has 0 spiro atoms. The average molecular weight is 305 g/mol. The second kappa shape index (κ2) is 6.48. The lowest BCUT2D eigenvalue weighted by atomic mass is 10.2. The zero-order chi connectivity index (χ0) is 14.7. The smallest absolute Gasteiger partial charge is 0.217 e. The van der Waals surface area contributed by atoms with E-state index in [2.05, 4.69) is 44.7 Å². The van der Waals surface area contributed by atoms with Crippen molar-refractivity contribution in [3.63, 3.8) is 0 Å². The summed E-state index contributed by atoms with van der Waals surface area (Å²) in [5.74, 6) is 0.641. The predicted molar refractivity (Wildman–Crippen MR) is 78.8 cm³/mol. The lowest BCUT2D eigenvalue weighted by Crippen LogP contribution is -2.19. The highest BCUT2D eigenvalue weighted by atomic mass is 32.2. The molecular formula is C13H19N7S. The van der Waals surface area contributed by atoms with Crippen molar-refractivity contribution >= 4 is 11.8 Å². The van der Waals surface area contributed by atoms with E-state index in [9.17, 15) is 0 Å². The van der Waals surface area contributed by atoms with E-state index in [0.717, 1.165) is 36.7 Å². The number of rotatable bonds is 7. The van der Waals surface area contributed by atoms with Gasteiger partial charge in [0, 0.05) is 24.5 Å². The molecule has 0 radical (unpaired) electrons. The molecule has 0 amide bonds. The molecular weight excluding hydrogens is 286 g/mol. The molecule has 0 saturated heterocycles. The first-order chi connectivity index (χ1) is 10.2. The van der Waals surface area contributed by atoms with Gasteiger partial charge in [-0.3, -0.25) is 0 Å².